The van der Waals surface area contributed by atoms with E-state index >= 15 is 0 Å². The molecule has 0 amide bonds. The molecule has 6 nitrogen and oxygen atoms in total. The second-order valence-electron chi connectivity index (χ2n) is 5.38. The summed E-state index contributed by atoms with van der Waals surface area (Å²) >= 11 is 7.26. The summed E-state index contributed by atoms with van der Waals surface area (Å²) in [5.74, 6) is -15.4. The maximum Gasteiger partial charge on any atom is 0.345 e. The van der Waals surface area contributed by atoms with Gasteiger partial charge >= 0.3 is 17.9 Å². The molecule has 0 saturated heterocycles. The lowest BCUT2D eigenvalue weighted by Crippen LogP contribution is -2.22. The molecular weight excluding hydrogens is 884 g/mol. The maximum absolute atomic E-state index is 14.2. The van der Waals surface area contributed by atoms with E-state index in [0.29, 0.717) is 7.14 Å². The van der Waals surface area contributed by atoms with E-state index in [1.807, 2.05) is 45.2 Å². The van der Waals surface area contributed by atoms with Crippen LogP contribution in [0.1, 0.15) is 38.0 Å². The fourth-order valence-electron chi connectivity index (χ4n) is 2.25. The summed E-state index contributed by atoms with van der Waals surface area (Å²) in [4.78, 5) is 36.1. The molecule has 0 radical (unpaired) electrons. The molecule has 0 spiro atoms. The number of aromatic carboxylic acids is 1. The lowest BCUT2D eigenvalue weighted by atomic mass is 10.1. The number of carboxylic acid groups (broad SMARTS) is 1. The summed E-state index contributed by atoms with van der Waals surface area (Å²) in [5, 5.41) is 8.74. The molecule has 1 N–H and O–H groups in total. The van der Waals surface area contributed by atoms with Crippen molar-refractivity contribution in [3.05, 3.63) is 54.2 Å². The van der Waals surface area contributed by atoms with Crippen LogP contribution in [-0.2, 0) is 4.74 Å². The molecule has 31 heavy (non-hydrogen) atoms. The van der Waals surface area contributed by atoms with Crippen molar-refractivity contribution >= 4 is 108 Å². The number of hydrogen-bond acceptors (Lipinski definition) is 5. The van der Waals surface area contributed by atoms with Crippen LogP contribution in [0.5, 0.6) is 5.75 Å². The van der Waals surface area contributed by atoms with Crippen LogP contribution in [-0.4, -0.2) is 29.6 Å². The van der Waals surface area contributed by atoms with Gasteiger partial charge in [-0.15, -0.1) is 0 Å². The van der Waals surface area contributed by atoms with E-state index in [2.05, 4.69) is 4.74 Å². The molecule has 2 aromatic carbocycles. The molecule has 0 bridgehead atoms. The first-order valence-electron chi connectivity index (χ1n) is 7.71. The second kappa shape index (κ2) is 10.6. The van der Waals surface area contributed by atoms with Crippen LogP contribution in [0.25, 0.3) is 0 Å². The van der Waals surface area contributed by atoms with Crippen LogP contribution in [0.2, 0.25) is 0 Å². The van der Waals surface area contributed by atoms with E-state index in [0.717, 1.165) is 0 Å². The van der Waals surface area contributed by atoms with Crippen molar-refractivity contribution in [3.63, 3.8) is 0 Å². The van der Waals surface area contributed by atoms with Crippen molar-refractivity contribution in [1.29, 1.82) is 0 Å². The van der Waals surface area contributed by atoms with Crippen LogP contribution in [0.4, 0.5) is 17.6 Å². The van der Waals surface area contributed by atoms with Gasteiger partial charge < -0.3 is 14.6 Å². The number of ether oxygens (including phenoxy) is 2. The molecule has 2 aromatic rings. The van der Waals surface area contributed by atoms with Gasteiger partial charge in [0.2, 0.25) is 17.4 Å². The minimum atomic E-state index is -2.26. The molecule has 0 aliphatic carbocycles. The van der Waals surface area contributed by atoms with Gasteiger partial charge in [0.25, 0.3) is 0 Å². The van der Waals surface area contributed by atoms with E-state index < -0.39 is 58.1 Å². The fraction of sp³-hybridized carbons (Fsp3) is 0.118. The predicted molar refractivity (Wildman–Crippen MR) is 131 cm³/mol. The summed E-state index contributed by atoms with van der Waals surface area (Å²) in [6, 6.07) is 0. The Kier molecular flexibility index (Phi) is 9.15. The monoisotopic (exact) mass is 890 g/mol. The summed E-state index contributed by atoms with van der Waals surface area (Å²) < 4.78 is 67.4. The highest BCUT2D eigenvalue weighted by atomic mass is 127. The largest absolute Gasteiger partial charge is 0.477 e. The molecular formula is C17H6F4I4O6. The molecule has 0 heterocycles. The number of carboxylic acids is 1. The summed E-state index contributed by atoms with van der Waals surface area (Å²) in [6.07, 6.45) is 0. The Morgan fingerprint density at radius 3 is 1.55 bits per heavy atom. The zero-order chi connectivity index (χ0) is 23.8. The van der Waals surface area contributed by atoms with E-state index in [1.54, 1.807) is 45.2 Å². The van der Waals surface area contributed by atoms with Crippen LogP contribution < -0.4 is 4.74 Å². The molecule has 0 atom stereocenters. The van der Waals surface area contributed by atoms with Gasteiger partial charge in [-0.3, -0.25) is 0 Å². The van der Waals surface area contributed by atoms with E-state index in [1.165, 1.54) is 6.92 Å². The Hall–Kier alpha value is -0.510. The van der Waals surface area contributed by atoms with E-state index in [4.69, 9.17) is 9.84 Å². The molecule has 0 aliphatic rings. The average Bonchev–Trinajstić information content (AvgIpc) is 2.70. The van der Waals surface area contributed by atoms with Gasteiger partial charge in [-0.2, -0.15) is 8.78 Å². The first-order chi connectivity index (χ1) is 14.4. The molecule has 0 aliphatic heterocycles. The Labute approximate surface area is 226 Å². The second-order valence-corrected chi connectivity index (χ2v) is 9.70. The number of carbonyl (C=O) groups excluding carboxylic acids is 2. The van der Waals surface area contributed by atoms with Gasteiger partial charge in [0, 0.05) is 14.3 Å². The molecule has 14 heteroatoms. The predicted octanol–water partition coefficient (Wildman–Crippen LogP) is 5.76. The Morgan fingerprint density at radius 2 is 1.16 bits per heavy atom. The lowest BCUT2D eigenvalue weighted by molar-refractivity contribution is 0.0513. The molecule has 2 rings (SSSR count). The third-order valence-corrected chi connectivity index (χ3v) is 11.0. The minimum absolute atomic E-state index is 0.0428. The average molecular weight is 890 g/mol. The molecule has 0 aromatic heterocycles. The fourth-order valence-corrected chi connectivity index (χ4v) is 5.88. The van der Waals surface area contributed by atoms with Crippen molar-refractivity contribution in [2.24, 2.45) is 0 Å². The van der Waals surface area contributed by atoms with Crippen LogP contribution in [0.15, 0.2) is 0 Å². The molecule has 0 fully saturated rings. The topological polar surface area (TPSA) is 89.9 Å². The third kappa shape index (κ3) is 5.04. The first kappa shape index (κ1) is 26.7. The molecule has 0 unspecified atom stereocenters. The number of hydrogen-bond donors (Lipinski definition) is 1. The zero-order valence-electron chi connectivity index (χ0n) is 14.7. The maximum atomic E-state index is 14.2. The van der Waals surface area contributed by atoms with Crippen molar-refractivity contribution in [2.75, 3.05) is 6.61 Å². The highest BCUT2D eigenvalue weighted by Gasteiger charge is 2.34. The van der Waals surface area contributed by atoms with E-state index in [-0.39, 0.29) is 19.3 Å². The number of carbonyl (C=O) groups is 3. The van der Waals surface area contributed by atoms with Crippen LogP contribution in [0.3, 0.4) is 0 Å². The van der Waals surface area contributed by atoms with Crippen molar-refractivity contribution < 1.29 is 46.5 Å². The Morgan fingerprint density at radius 1 is 0.742 bits per heavy atom. The number of esters is 2. The normalized spacial score (nSPS) is 10.7. The summed E-state index contributed by atoms with van der Waals surface area (Å²) in [6.45, 7) is 1.48. The number of benzene rings is 2. The van der Waals surface area contributed by atoms with Crippen LogP contribution in [0, 0.1) is 37.5 Å². The lowest BCUT2D eigenvalue weighted by Gasteiger charge is -2.16. The van der Waals surface area contributed by atoms with Gasteiger partial charge in [0.1, 0.15) is 5.56 Å². The van der Waals surface area contributed by atoms with Gasteiger partial charge in [0.15, 0.2) is 11.6 Å². The minimum Gasteiger partial charge on any atom is -0.477 e. The van der Waals surface area contributed by atoms with Gasteiger partial charge in [-0.25, -0.2) is 23.2 Å². The highest BCUT2D eigenvalue weighted by Crippen LogP contribution is 2.36. The Balaban J connectivity index is 2.73. The van der Waals surface area contributed by atoms with Crippen LogP contribution >= 0.6 is 90.4 Å². The zero-order valence-corrected chi connectivity index (χ0v) is 23.3. The summed E-state index contributed by atoms with van der Waals surface area (Å²) in [5.41, 5.74) is -2.57. The number of rotatable bonds is 5. The van der Waals surface area contributed by atoms with E-state index in [9.17, 15) is 31.9 Å². The van der Waals surface area contributed by atoms with Crippen molar-refractivity contribution in [3.8, 4) is 5.75 Å². The smallest absolute Gasteiger partial charge is 0.345 e. The van der Waals surface area contributed by atoms with Gasteiger partial charge in [-0.1, -0.05) is 0 Å². The first-order valence-corrected chi connectivity index (χ1v) is 12.0. The SMILES string of the molecule is CCOC(=O)c1c(I)c(I)c(I)c(I)c1C(=O)Oc1c(F)c(F)c(C(=O)O)c(F)c1F. The third-order valence-electron chi connectivity index (χ3n) is 3.58. The quantitative estimate of drug-likeness (QED) is 0.103. The Bertz CT molecular complexity index is 1110. The van der Waals surface area contributed by atoms with Gasteiger partial charge in [0.05, 0.1) is 17.7 Å². The highest BCUT2D eigenvalue weighted by molar-refractivity contribution is 14.1. The number of halogens is 8. The van der Waals surface area contributed by atoms with Crippen molar-refractivity contribution in [1.82, 2.24) is 0 Å². The summed E-state index contributed by atoms with van der Waals surface area (Å²) in [7, 11) is 0. The van der Waals surface area contributed by atoms with Gasteiger partial charge in [-0.05, 0) is 97.3 Å². The van der Waals surface area contributed by atoms with Crippen molar-refractivity contribution in [2.45, 2.75) is 6.92 Å². The standard InChI is InChI=1S/C17H6F4I4O6/c1-2-30-16(28)3-4(11(23)13(25)12(24)10(3)22)17(29)31-14-8(20)6(18)5(15(26)27)7(19)9(14)21/h2H2,1H3,(H,26,27). The molecule has 166 valence electrons. The molecule has 0 saturated carbocycles.